The van der Waals surface area contributed by atoms with Crippen molar-refractivity contribution in [2.45, 2.75) is 5.51 Å². The fraction of sp³-hybridized carbons (Fsp3) is 0.0909. The minimum atomic E-state index is -6.02. The third-order valence-electron chi connectivity index (χ3n) is 2.35. The van der Waals surface area contributed by atoms with E-state index in [9.17, 15) is 25.8 Å². The summed E-state index contributed by atoms with van der Waals surface area (Å²) in [5.41, 5.74) is -7.02. The van der Waals surface area contributed by atoms with Gasteiger partial charge in [-0.2, -0.15) is 36.3 Å². The third-order valence-corrected chi connectivity index (χ3v) is 3.39. The molecule has 26 heavy (non-hydrogen) atoms. The molecule has 0 aromatic heterocycles. The Balaban J connectivity index is 3.11. The second kappa shape index (κ2) is 8.39. The van der Waals surface area contributed by atoms with Crippen molar-refractivity contribution < 1.29 is 38.9 Å². The van der Waals surface area contributed by atoms with Crippen LogP contribution in [0.3, 0.4) is 0 Å². The predicted molar refractivity (Wildman–Crippen MR) is 78.7 cm³/mol. The lowest BCUT2D eigenvalue weighted by molar-refractivity contribution is -0.0540. The molecular weight excluding hydrogens is 405 g/mol. The van der Waals surface area contributed by atoms with Gasteiger partial charge in [-0.25, -0.2) is 0 Å². The first kappa shape index (κ1) is 21.0. The maximum absolute atomic E-state index is 12.1. The number of nitriles is 2. The highest BCUT2D eigenvalue weighted by molar-refractivity contribution is 7.87. The average molecular weight is 410 g/mol. The maximum Gasteiger partial charge on any atom is 0.536 e. The highest BCUT2D eigenvalue weighted by Gasteiger charge is 2.49. The van der Waals surface area contributed by atoms with Crippen molar-refractivity contribution in [3.63, 3.8) is 0 Å². The lowest BCUT2D eigenvalue weighted by Gasteiger charge is -2.05. The van der Waals surface area contributed by atoms with Crippen LogP contribution < -0.4 is 0 Å². The fourth-order valence-electron chi connectivity index (χ4n) is 1.26. The Morgan fingerprint density at radius 1 is 1.08 bits per heavy atom. The van der Waals surface area contributed by atoms with E-state index in [0.29, 0.717) is 0 Å². The minimum Gasteiger partial charge on any atom is -0.273 e. The van der Waals surface area contributed by atoms with E-state index in [-0.39, 0.29) is 11.1 Å². The molecule has 10 nitrogen and oxygen atoms in total. The summed E-state index contributed by atoms with van der Waals surface area (Å²) in [4.78, 5) is 0. The van der Waals surface area contributed by atoms with Gasteiger partial charge in [0.25, 0.3) is 0 Å². The Morgan fingerprint density at radius 2 is 1.50 bits per heavy atom. The molecule has 0 fully saturated rings. The first-order valence-corrected chi connectivity index (χ1v) is 8.31. The van der Waals surface area contributed by atoms with Gasteiger partial charge in [0, 0.05) is 11.1 Å². The van der Waals surface area contributed by atoms with E-state index < -0.39 is 38.4 Å². The summed E-state index contributed by atoms with van der Waals surface area (Å²) in [6.07, 6.45) is 0. The number of nitrogens with zero attached hydrogens (tertiary/aromatic N) is 4. The molecule has 138 valence electrons. The van der Waals surface area contributed by atoms with Crippen molar-refractivity contribution in [2.75, 3.05) is 0 Å². The minimum absolute atomic E-state index is 0.0582. The molecule has 0 amide bonds. The van der Waals surface area contributed by atoms with E-state index >= 15 is 0 Å². The molecule has 0 heterocycles. The third kappa shape index (κ3) is 5.52. The molecule has 1 rings (SSSR count). The van der Waals surface area contributed by atoms with E-state index in [0.717, 1.165) is 24.3 Å². The van der Waals surface area contributed by atoms with Crippen LogP contribution in [0.25, 0.3) is 0 Å². The number of alkyl halides is 3. The van der Waals surface area contributed by atoms with Gasteiger partial charge in [-0.1, -0.05) is 34.6 Å². The normalized spacial score (nSPS) is 14.1. The average Bonchev–Trinajstić information content (AvgIpc) is 2.55. The van der Waals surface area contributed by atoms with Crippen LogP contribution in [0.15, 0.2) is 34.6 Å². The predicted octanol–water partition coefficient (Wildman–Crippen LogP) is 1.16. The van der Waals surface area contributed by atoms with Gasteiger partial charge in [0.05, 0.1) is 0 Å². The molecule has 0 radical (unpaired) electrons. The van der Waals surface area contributed by atoms with Crippen molar-refractivity contribution in [1.29, 1.82) is 10.5 Å². The summed E-state index contributed by atoms with van der Waals surface area (Å²) < 4.78 is 84.0. The molecule has 15 heteroatoms. The Kier molecular flexibility index (Phi) is 6.78. The number of hydrogen-bond donors (Lipinski definition) is 1. The van der Waals surface area contributed by atoms with Crippen LogP contribution in [-0.2, 0) is 30.0 Å². The van der Waals surface area contributed by atoms with Gasteiger partial charge in [0.1, 0.15) is 12.1 Å². The molecule has 1 atom stereocenters. The van der Waals surface area contributed by atoms with Crippen LogP contribution in [0.4, 0.5) is 13.2 Å². The Morgan fingerprint density at radius 3 is 1.85 bits per heavy atom. The number of oxime groups is 2. The van der Waals surface area contributed by atoms with E-state index in [4.69, 9.17) is 15.1 Å². The van der Waals surface area contributed by atoms with Crippen LogP contribution in [-0.4, -0.2) is 34.1 Å². The molecule has 0 saturated heterocycles. The zero-order chi connectivity index (χ0) is 20.0. The molecular formula is C11H5F3N4O6S2. The van der Waals surface area contributed by atoms with E-state index in [2.05, 4.69) is 18.9 Å². The Labute approximate surface area is 146 Å². The number of rotatable bonds is 6. The second-order valence-electron chi connectivity index (χ2n) is 3.95. The summed E-state index contributed by atoms with van der Waals surface area (Å²) in [5, 5.41) is 23.5. The summed E-state index contributed by atoms with van der Waals surface area (Å²) in [7, 11) is -6.02. The molecule has 0 saturated carbocycles. The van der Waals surface area contributed by atoms with Crippen molar-refractivity contribution >= 4 is 32.9 Å². The van der Waals surface area contributed by atoms with Crippen molar-refractivity contribution in [1.82, 2.24) is 0 Å². The molecule has 0 aliphatic heterocycles. The van der Waals surface area contributed by atoms with Crippen LogP contribution in [0.5, 0.6) is 0 Å². The van der Waals surface area contributed by atoms with E-state index in [1.807, 2.05) is 0 Å². The lowest BCUT2D eigenvalue weighted by atomic mass is 10.1. The highest BCUT2D eigenvalue weighted by atomic mass is 32.2. The maximum atomic E-state index is 12.1. The first-order valence-electron chi connectivity index (χ1n) is 5.87. The van der Waals surface area contributed by atoms with E-state index in [1.54, 1.807) is 6.07 Å². The van der Waals surface area contributed by atoms with Gasteiger partial charge < -0.3 is 0 Å². The summed E-state index contributed by atoms with van der Waals surface area (Å²) >= 11 is -2.76. The van der Waals surface area contributed by atoms with Crippen molar-refractivity contribution in [2.24, 2.45) is 10.3 Å². The molecule has 0 aliphatic carbocycles. The fourth-order valence-corrected chi connectivity index (χ4v) is 1.65. The second-order valence-corrected chi connectivity index (χ2v) is 6.05. The summed E-state index contributed by atoms with van der Waals surface area (Å²) in [6, 6.07) is 7.36. The molecule has 1 N–H and O–H groups in total. The van der Waals surface area contributed by atoms with Crippen LogP contribution >= 0.6 is 0 Å². The molecule has 1 unspecified atom stereocenters. The number of hydrogen-bond acceptors (Lipinski definition) is 9. The molecule has 1 aromatic rings. The molecule has 0 spiro atoms. The molecule has 0 aliphatic rings. The van der Waals surface area contributed by atoms with Gasteiger partial charge in [0.15, 0.2) is 11.4 Å². The first-order chi connectivity index (χ1) is 12.0. The monoisotopic (exact) mass is 410 g/mol. The zero-order valence-electron chi connectivity index (χ0n) is 12.0. The largest absolute Gasteiger partial charge is 0.536 e. The Hall–Kier alpha value is -3.01. The van der Waals surface area contributed by atoms with E-state index in [1.165, 1.54) is 6.07 Å². The van der Waals surface area contributed by atoms with Crippen LogP contribution in [0.2, 0.25) is 0 Å². The Bertz CT molecular complexity index is 942. The summed E-state index contributed by atoms with van der Waals surface area (Å²) in [6.45, 7) is 0. The highest BCUT2D eigenvalue weighted by Crippen LogP contribution is 2.24. The quantitative estimate of drug-likeness (QED) is 0.316. The standard InChI is InChI=1S/C11H5F3N4O6S2/c12-11(13,14)26(21,22)24-18-10(6-16)8-3-1-7(2-4-8)9(5-15)17-23-25(19)20/h1-4H,(H,19,20). The summed E-state index contributed by atoms with van der Waals surface area (Å²) in [5.74, 6) is 0. The van der Waals surface area contributed by atoms with Crippen LogP contribution in [0.1, 0.15) is 11.1 Å². The van der Waals surface area contributed by atoms with Crippen molar-refractivity contribution in [3.05, 3.63) is 35.4 Å². The van der Waals surface area contributed by atoms with Gasteiger partial charge in [-0.3, -0.25) is 13.1 Å². The molecule has 0 bridgehead atoms. The van der Waals surface area contributed by atoms with Crippen LogP contribution in [0, 0.1) is 22.7 Å². The zero-order valence-corrected chi connectivity index (χ0v) is 13.7. The van der Waals surface area contributed by atoms with Gasteiger partial charge in [-0.15, -0.1) is 0 Å². The SMILES string of the molecule is N#CC(=NOS(=O)O)c1ccc(C(C#N)=NOS(=O)(=O)C(F)(F)F)cc1. The lowest BCUT2D eigenvalue weighted by Crippen LogP contribution is -2.24. The van der Waals surface area contributed by atoms with Gasteiger partial charge >= 0.3 is 27.0 Å². The van der Waals surface area contributed by atoms with Gasteiger partial charge in [-0.05, 0) is 0 Å². The number of halogens is 3. The number of benzene rings is 1. The smallest absolute Gasteiger partial charge is 0.273 e. The van der Waals surface area contributed by atoms with Gasteiger partial charge in [0.2, 0.25) is 0 Å². The van der Waals surface area contributed by atoms with Crippen molar-refractivity contribution in [3.8, 4) is 12.1 Å². The topological polar surface area (TPSA) is 162 Å². The molecule has 1 aromatic carbocycles.